The fourth-order valence-corrected chi connectivity index (χ4v) is 4.53. The van der Waals surface area contributed by atoms with Crippen LogP contribution in [0.1, 0.15) is 50.6 Å². The zero-order valence-electron chi connectivity index (χ0n) is 15.8. The van der Waals surface area contributed by atoms with Crippen LogP contribution in [0.3, 0.4) is 0 Å². The number of nitrogens with zero attached hydrogens (tertiary/aromatic N) is 1. The second-order valence-electron chi connectivity index (χ2n) is 7.50. The van der Waals surface area contributed by atoms with Crippen LogP contribution in [0, 0.1) is 5.92 Å². The Morgan fingerprint density at radius 3 is 2.33 bits per heavy atom. The second kappa shape index (κ2) is 7.98. The van der Waals surface area contributed by atoms with Crippen LogP contribution in [0.4, 0.5) is 5.69 Å². The lowest BCUT2D eigenvalue weighted by atomic mass is 10.0. The van der Waals surface area contributed by atoms with E-state index < -0.39 is 16.1 Å². The number of anilines is 1. The molecule has 2 amide bonds. The van der Waals surface area contributed by atoms with E-state index in [4.69, 9.17) is 0 Å². The van der Waals surface area contributed by atoms with Gasteiger partial charge in [0.25, 0.3) is 0 Å². The molecule has 2 N–H and O–H groups in total. The van der Waals surface area contributed by atoms with E-state index in [1.54, 1.807) is 0 Å². The van der Waals surface area contributed by atoms with Gasteiger partial charge >= 0.3 is 0 Å². The predicted molar refractivity (Wildman–Crippen MR) is 104 cm³/mol. The first-order chi connectivity index (χ1) is 12.8. The number of amides is 2. The highest BCUT2D eigenvalue weighted by Crippen LogP contribution is 2.30. The molecule has 0 bridgehead atoms. The van der Waals surface area contributed by atoms with Gasteiger partial charge in [0.05, 0.1) is 12.3 Å². The van der Waals surface area contributed by atoms with Crippen molar-refractivity contribution in [3.8, 4) is 0 Å². The van der Waals surface area contributed by atoms with Gasteiger partial charge < -0.3 is 10.6 Å². The number of hydrogen-bond acceptors (Lipinski definition) is 4. The largest absolute Gasteiger partial charge is 0.348 e. The third-order valence-electron chi connectivity index (χ3n) is 5.17. The zero-order valence-corrected chi connectivity index (χ0v) is 16.6. The minimum Gasteiger partial charge on any atom is -0.348 e. The standard InChI is InChI=1S/C19H27N3O4S/c1-13(14-8-10-16(11-9-14)21-18(23)15-6-7-15)20-19(24)17-5-3-4-12-22(17)27(2,25)26/h8-11,13,15,17H,3-7,12H2,1-2H3,(H,20,24)(H,21,23). The van der Waals surface area contributed by atoms with Crippen molar-refractivity contribution in [3.05, 3.63) is 29.8 Å². The van der Waals surface area contributed by atoms with Gasteiger partial charge in [-0.05, 0) is 50.3 Å². The van der Waals surface area contributed by atoms with Gasteiger partial charge in [-0.3, -0.25) is 9.59 Å². The molecule has 2 aliphatic rings. The van der Waals surface area contributed by atoms with Crippen LogP contribution in [0.5, 0.6) is 0 Å². The molecule has 1 saturated carbocycles. The van der Waals surface area contributed by atoms with E-state index in [2.05, 4.69) is 10.6 Å². The molecular weight excluding hydrogens is 366 g/mol. The molecule has 27 heavy (non-hydrogen) atoms. The first kappa shape index (κ1) is 19.8. The monoisotopic (exact) mass is 393 g/mol. The van der Waals surface area contributed by atoms with Crippen molar-refractivity contribution in [1.29, 1.82) is 0 Å². The molecule has 8 heteroatoms. The first-order valence-corrected chi connectivity index (χ1v) is 11.3. The SMILES string of the molecule is CC(NC(=O)C1CCCCN1S(C)(=O)=O)c1ccc(NC(=O)C2CC2)cc1. The van der Waals surface area contributed by atoms with E-state index in [1.165, 1.54) is 4.31 Å². The zero-order chi connectivity index (χ0) is 19.6. The Morgan fingerprint density at radius 1 is 1.07 bits per heavy atom. The van der Waals surface area contributed by atoms with E-state index in [0.717, 1.165) is 43.2 Å². The normalized spacial score (nSPS) is 22.1. The Morgan fingerprint density at radius 2 is 1.74 bits per heavy atom. The van der Waals surface area contributed by atoms with Crippen LogP contribution in [0.25, 0.3) is 0 Å². The third-order valence-corrected chi connectivity index (χ3v) is 6.46. The lowest BCUT2D eigenvalue weighted by molar-refractivity contribution is -0.126. The molecule has 2 fully saturated rings. The smallest absolute Gasteiger partial charge is 0.238 e. The summed E-state index contributed by atoms with van der Waals surface area (Å²) in [5.41, 5.74) is 1.64. The molecule has 0 spiro atoms. The average molecular weight is 394 g/mol. The molecule has 0 aromatic heterocycles. The second-order valence-corrected chi connectivity index (χ2v) is 9.44. The van der Waals surface area contributed by atoms with Crippen molar-refractivity contribution < 1.29 is 18.0 Å². The summed E-state index contributed by atoms with van der Waals surface area (Å²) >= 11 is 0. The molecule has 2 unspecified atom stereocenters. The third kappa shape index (κ3) is 5.07. The number of sulfonamides is 1. The van der Waals surface area contributed by atoms with Crippen LogP contribution >= 0.6 is 0 Å². The van der Waals surface area contributed by atoms with Crippen LogP contribution < -0.4 is 10.6 Å². The quantitative estimate of drug-likeness (QED) is 0.773. The van der Waals surface area contributed by atoms with E-state index in [9.17, 15) is 18.0 Å². The van der Waals surface area contributed by atoms with Crippen molar-refractivity contribution in [2.75, 3.05) is 18.1 Å². The molecule has 7 nitrogen and oxygen atoms in total. The lowest BCUT2D eigenvalue weighted by Crippen LogP contribution is -2.51. The summed E-state index contributed by atoms with van der Waals surface area (Å²) in [5.74, 6) is -0.0582. The van der Waals surface area contributed by atoms with Crippen molar-refractivity contribution in [1.82, 2.24) is 9.62 Å². The molecule has 1 aliphatic carbocycles. The number of carbonyl (C=O) groups excluding carboxylic acids is 2. The maximum absolute atomic E-state index is 12.7. The summed E-state index contributed by atoms with van der Waals surface area (Å²) in [6.07, 6.45) is 5.22. The topological polar surface area (TPSA) is 95.6 Å². The lowest BCUT2D eigenvalue weighted by Gasteiger charge is -2.33. The number of piperidine rings is 1. The van der Waals surface area contributed by atoms with Gasteiger partial charge in [0.2, 0.25) is 21.8 Å². The van der Waals surface area contributed by atoms with Crippen LogP contribution in [0.15, 0.2) is 24.3 Å². The van der Waals surface area contributed by atoms with E-state index in [1.807, 2.05) is 31.2 Å². The Bertz CT molecular complexity index is 803. The number of hydrogen-bond donors (Lipinski definition) is 2. The van der Waals surface area contributed by atoms with Crippen LogP contribution in [-0.2, 0) is 19.6 Å². The van der Waals surface area contributed by atoms with Crippen molar-refractivity contribution in [2.24, 2.45) is 5.92 Å². The predicted octanol–water partition coefficient (Wildman–Crippen LogP) is 2.03. The highest BCUT2D eigenvalue weighted by molar-refractivity contribution is 7.88. The van der Waals surface area contributed by atoms with E-state index in [-0.39, 0.29) is 23.8 Å². The Balaban J connectivity index is 1.60. The molecule has 1 aliphatic heterocycles. The molecule has 148 valence electrons. The highest BCUT2D eigenvalue weighted by Gasteiger charge is 2.35. The average Bonchev–Trinajstić information content (AvgIpc) is 3.46. The molecule has 2 atom stereocenters. The number of rotatable bonds is 6. The molecule has 1 aromatic rings. The molecule has 3 rings (SSSR count). The first-order valence-electron chi connectivity index (χ1n) is 9.43. The summed E-state index contributed by atoms with van der Waals surface area (Å²) < 4.78 is 25.2. The van der Waals surface area contributed by atoms with Gasteiger partial charge in [0.15, 0.2) is 0 Å². The Labute approximate surface area is 160 Å². The Hall–Kier alpha value is -1.93. The maximum atomic E-state index is 12.7. The molecule has 1 saturated heterocycles. The summed E-state index contributed by atoms with van der Waals surface area (Å²) in [5, 5.41) is 5.81. The van der Waals surface area contributed by atoms with Crippen LogP contribution in [-0.4, -0.2) is 43.4 Å². The maximum Gasteiger partial charge on any atom is 0.238 e. The van der Waals surface area contributed by atoms with Crippen molar-refractivity contribution >= 4 is 27.5 Å². The highest BCUT2D eigenvalue weighted by atomic mass is 32.2. The number of nitrogens with one attached hydrogen (secondary N) is 2. The minimum atomic E-state index is -3.41. The minimum absolute atomic E-state index is 0.0577. The van der Waals surface area contributed by atoms with E-state index >= 15 is 0 Å². The summed E-state index contributed by atoms with van der Waals surface area (Å²) in [7, 11) is -3.41. The van der Waals surface area contributed by atoms with Gasteiger partial charge in [-0.15, -0.1) is 0 Å². The molecule has 0 radical (unpaired) electrons. The van der Waals surface area contributed by atoms with Gasteiger partial charge in [-0.2, -0.15) is 4.31 Å². The molecular formula is C19H27N3O4S. The molecule has 1 aromatic carbocycles. The van der Waals surface area contributed by atoms with Crippen molar-refractivity contribution in [3.63, 3.8) is 0 Å². The Kier molecular flexibility index (Phi) is 5.86. The number of carbonyl (C=O) groups is 2. The summed E-state index contributed by atoms with van der Waals surface area (Å²) in [4.78, 5) is 24.5. The van der Waals surface area contributed by atoms with Gasteiger partial charge in [-0.1, -0.05) is 18.6 Å². The fraction of sp³-hybridized carbons (Fsp3) is 0.579. The number of benzene rings is 1. The van der Waals surface area contributed by atoms with Gasteiger partial charge in [-0.25, -0.2) is 8.42 Å². The fourth-order valence-electron chi connectivity index (χ4n) is 3.40. The van der Waals surface area contributed by atoms with Gasteiger partial charge in [0, 0.05) is 18.2 Å². The summed E-state index contributed by atoms with van der Waals surface area (Å²) in [6.45, 7) is 2.25. The summed E-state index contributed by atoms with van der Waals surface area (Å²) in [6, 6.07) is 6.47. The van der Waals surface area contributed by atoms with Crippen molar-refractivity contribution in [2.45, 2.75) is 51.1 Å². The van der Waals surface area contributed by atoms with Crippen LogP contribution in [0.2, 0.25) is 0 Å². The van der Waals surface area contributed by atoms with E-state index in [0.29, 0.717) is 13.0 Å². The van der Waals surface area contributed by atoms with Gasteiger partial charge in [0.1, 0.15) is 6.04 Å². The molecule has 1 heterocycles.